The average molecular weight is 305 g/mol. The minimum absolute atomic E-state index is 0.0951. The summed E-state index contributed by atoms with van der Waals surface area (Å²) in [5.74, 6) is 0.645. The molecule has 4 rings (SSSR count). The van der Waals surface area contributed by atoms with Crippen molar-refractivity contribution >= 4 is 23.0 Å². The summed E-state index contributed by atoms with van der Waals surface area (Å²) in [7, 11) is 0. The molecule has 2 aromatic rings. The van der Waals surface area contributed by atoms with E-state index >= 15 is 0 Å². The van der Waals surface area contributed by atoms with Gasteiger partial charge in [0.2, 0.25) is 0 Å². The van der Waals surface area contributed by atoms with Crippen LogP contribution in [0, 0.1) is 5.92 Å². The number of hydrogen-bond acceptors (Lipinski definition) is 3. The predicted octanol–water partition coefficient (Wildman–Crippen LogP) is 1.81. The molecule has 2 aliphatic rings. The molecule has 110 valence electrons. The Hall–Kier alpha value is -1.59. The third-order valence-corrected chi connectivity index (χ3v) is 4.69. The van der Waals surface area contributed by atoms with Crippen molar-refractivity contribution < 1.29 is 4.79 Å². The van der Waals surface area contributed by atoms with Gasteiger partial charge in [-0.3, -0.25) is 4.79 Å². The van der Waals surface area contributed by atoms with E-state index < -0.39 is 0 Å². The van der Waals surface area contributed by atoms with E-state index in [0.717, 1.165) is 24.4 Å². The van der Waals surface area contributed by atoms with E-state index in [0.29, 0.717) is 10.7 Å². The second-order valence-corrected chi connectivity index (χ2v) is 6.52. The van der Waals surface area contributed by atoms with Crippen molar-refractivity contribution in [1.82, 2.24) is 19.6 Å². The van der Waals surface area contributed by atoms with Gasteiger partial charge in [0.1, 0.15) is 12.0 Å². The normalized spacial score (nSPS) is 28.0. The number of rotatable bonds is 2. The first-order valence-corrected chi connectivity index (χ1v) is 7.71. The van der Waals surface area contributed by atoms with Gasteiger partial charge in [-0.1, -0.05) is 11.6 Å². The van der Waals surface area contributed by atoms with Crippen molar-refractivity contribution in [2.45, 2.75) is 18.9 Å². The molecule has 1 amide bonds. The Bertz CT molecular complexity index is 686. The zero-order valence-electron chi connectivity index (χ0n) is 11.6. The summed E-state index contributed by atoms with van der Waals surface area (Å²) in [5.41, 5.74) is 1.33. The standard InChI is InChI=1S/C15H17ClN4O/c16-11-4-13-5-14(17-9-20(13)7-11)15(21)18-12-3-10-1-2-19(6-10)8-12/h4-5,7,9-10,12H,1-3,6,8H2,(H,18,21)/t10?,12-/m1/s1. The Morgan fingerprint density at radius 2 is 2.29 bits per heavy atom. The quantitative estimate of drug-likeness (QED) is 0.920. The Balaban J connectivity index is 1.50. The number of nitrogens with one attached hydrogen (secondary N) is 1. The van der Waals surface area contributed by atoms with Crippen molar-refractivity contribution in [2.75, 3.05) is 19.6 Å². The SMILES string of the molecule is O=C(N[C@@H]1CC2CCN(C2)C1)c1cc2cc(Cl)cn2cn1. The summed E-state index contributed by atoms with van der Waals surface area (Å²) in [6, 6.07) is 3.85. The highest BCUT2D eigenvalue weighted by Gasteiger charge is 2.33. The summed E-state index contributed by atoms with van der Waals surface area (Å²) < 4.78 is 1.81. The zero-order valence-corrected chi connectivity index (χ0v) is 12.4. The van der Waals surface area contributed by atoms with Crippen LogP contribution in [0.3, 0.4) is 0 Å². The molecule has 2 saturated heterocycles. The van der Waals surface area contributed by atoms with E-state index in [9.17, 15) is 4.79 Å². The number of aromatic nitrogens is 2. The number of halogens is 1. The van der Waals surface area contributed by atoms with Crippen LogP contribution in [0.1, 0.15) is 23.3 Å². The first-order chi connectivity index (χ1) is 10.2. The van der Waals surface area contributed by atoms with Crippen LogP contribution in [-0.2, 0) is 0 Å². The highest BCUT2D eigenvalue weighted by Crippen LogP contribution is 2.26. The molecule has 4 heterocycles. The topological polar surface area (TPSA) is 49.6 Å². The lowest BCUT2D eigenvalue weighted by atomic mass is 9.97. The second kappa shape index (κ2) is 5.00. The van der Waals surface area contributed by atoms with Crippen LogP contribution < -0.4 is 5.32 Å². The number of nitrogens with zero attached hydrogens (tertiary/aromatic N) is 3. The van der Waals surface area contributed by atoms with Crippen LogP contribution in [-0.4, -0.2) is 45.9 Å². The van der Waals surface area contributed by atoms with Crippen LogP contribution in [0.25, 0.3) is 5.52 Å². The molecule has 3 atom stereocenters. The van der Waals surface area contributed by atoms with Gasteiger partial charge in [-0.05, 0) is 37.4 Å². The third-order valence-electron chi connectivity index (χ3n) is 4.49. The van der Waals surface area contributed by atoms with Crippen LogP contribution in [0.4, 0.5) is 0 Å². The van der Waals surface area contributed by atoms with Crippen molar-refractivity contribution in [3.8, 4) is 0 Å². The maximum absolute atomic E-state index is 12.4. The van der Waals surface area contributed by atoms with Gasteiger partial charge < -0.3 is 14.6 Å². The molecule has 0 spiro atoms. The Morgan fingerprint density at radius 3 is 3.14 bits per heavy atom. The molecule has 1 N–H and O–H groups in total. The lowest BCUT2D eigenvalue weighted by molar-refractivity contribution is 0.0904. The molecule has 0 radical (unpaired) electrons. The molecular formula is C15H17ClN4O. The number of hydrogen-bond donors (Lipinski definition) is 1. The fourth-order valence-corrected chi connectivity index (χ4v) is 3.74. The highest BCUT2D eigenvalue weighted by molar-refractivity contribution is 6.31. The molecule has 2 aliphatic heterocycles. The van der Waals surface area contributed by atoms with Crippen molar-refractivity contribution in [3.63, 3.8) is 0 Å². The van der Waals surface area contributed by atoms with E-state index in [1.165, 1.54) is 19.5 Å². The number of piperidine rings is 1. The van der Waals surface area contributed by atoms with Crippen molar-refractivity contribution in [3.05, 3.63) is 35.4 Å². The first kappa shape index (κ1) is 13.1. The Kier molecular flexibility index (Phi) is 3.12. The number of amides is 1. The number of carbonyl (C=O) groups is 1. The van der Waals surface area contributed by atoms with E-state index in [1.54, 1.807) is 18.6 Å². The monoisotopic (exact) mass is 304 g/mol. The summed E-state index contributed by atoms with van der Waals surface area (Å²) in [6.45, 7) is 3.32. The van der Waals surface area contributed by atoms with Crippen LogP contribution in [0.15, 0.2) is 24.7 Å². The van der Waals surface area contributed by atoms with Gasteiger partial charge in [0.25, 0.3) is 5.91 Å². The summed E-state index contributed by atoms with van der Waals surface area (Å²) in [6.07, 6.45) is 5.75. The van der Waals surface area contributed by atoms with E-state index in [1.807, 2.05) is 10.5 Å². The smallest absolute Gasteiger partial charge is 0.270 e. The largest absolute Gasteiger partial charge is 0.347 e. The Labute approximate surface area is 127 Å². The third kappa shape index (κ3) is 2.51. The van der Waals surface area contributed by atoms with Crippen molar-refractivity contribution in [2.24, 2.45) is 5.92 Å². The van der Waals surface area contributed by atoms with E-state index in [4.69, 9.17) is 11.6 Å². The van der Waals surface area contributed by atoms with Gasteiger partial charge in [0.05, 0.1) is 10.5 Å². The molecule has 6 heteroatoms. The van der Waals surface area contributed by atoms with Crippen LogP contribution in [0.5, 0.6) is 0 Å². The lowest BCUT2D eigenvalue weighted by Gasteiger charge is -2.30. The molecule has 0 aliphatic carbocycles. The predicted molar refractivity (Wildman–Crippen MR) is 80.6 cm³/mol. The number of fused-ring (bicyclic) bond motifs is 3. The van der Waals surface area contributed by atoms with E-state index in [2.05, 4.69) is 15.2 Å². The zero-order chi connectivity index (χ0) is 14.4. The maximum Gasteiger partial charge on any atom is 0.270 e. The van der Waals surface area contributed by atoms with Gasteiger partial charge in [0.15, 0.2) is 0 Å². The molecule has 5 nitrogen and oxygen atoms in total. The van der Waals surface area contributed by atoms with E-state index in [-0.39, 0.29) is 11.9 Å². The molecular weight excluding hydrogens is 288 g/mol. The highest BCUT2D eigenvalue weighted by atomic mass is 35.5. The van der Waals surface area contributed by atoms with Gasteiger partial charge >= 0.3 is 0 Å². The van der Waals surface area contributed by atoms with Crippen LogP contribution >= 0.6 is 11.6 Å². The molecule has 2 aromatic heterocycles. The average Bonchev–Trinajstić information content (AvgIpc) is 2.99. The fourth-order valence-electron chi connectivity index (χ4n) is 3.53. The molecule has 21 heavy (non-hydrogen) atoms. The lowest BCUT2D eigenvalue weighted by Crippen LogP contribution is -2.47. The molecule has 2 bridgehead atoms. The molecule has 2 unspecified atom stereocenters. The second-order valence-electron chi connectivity index (χ2n) is 6.08. The molecule has 0 aromatic carbocycles. The molecule has 0 saturated carbocycles. The van der Waals surface area contributed by atoms with Gasteiger partial charge in [-0.25, -0.2) is 4.98 Å². The minimum atomic E-state index is -0.0951. The summed E-state index contributed by atoms with van der Waals surface area (Å²) in [4.78, 5) is 19.0. The summed E-state index contributed by atoms with van der Waals surface area (Å²) >= 11 is 5.95. The summed E-state index contributed by atoms with van der Waals surface area (Å²) in [5, 5.41) is 3.77. The fraction of sp³-hybridized carbons (Fsp3) is 0.467. The number of carbonyl (C=O) groups excluding carboxylic acids is 1. The minimum Gasteiger partial charge on any atom is -0.347 e. The Morgan fingerprint density at radius 1 is 1.38 bits per heavy atom. The van der Waals surface area contributed by atoms with Crippen molar-refractivity contribution in [1.29, 1.82) is 0 Å². The van der Waals surface area contributed by atoms with Gasteiger partial charge in [-0.15, -0.1) is 0 Å². The maximum atomic E-state index is 12.4. The van der Waals surface area contributed by atoms with Crippen LogP contribution in [0.2, 0.25) is 5.02 Å². The first-order valence-electron chi connectivity index (χ1n) is 7.34. The molecule has 2 fully saturated rings. The van der Waals surface area contributed by atoms with Gasteiger partial charge in [-0.2, -0.15) is 0 Å². The van der Waals surface area contributed by atoms with Gasteiger partial charge in [0, 0.05) is 25.3 Å².